The summed E-state index contributed by atoms with van der Waals surface area (Å²) < 4.78 is 25.5. The fourth-order valence-electron chi connectivity index (χ4n) is 2.00. The first-order valence-electron chi connectivity index (χ1n) is 6.47. The summed E-state index contributed by atoms with van der Waals surface area (Å²) in [6.07, 6.45) is 2.25. The largest absolute Gasteiger partial charge is 0.397 e. The smallest absolute Gasteiger partial charge is 0.263 e. The summed E-state index contributed by atoms with van der Waals surface area (Å²) in [6, 6.07) is 4.54. The molecule has 0 fully saturated rings. The summed E-state index contributed by atoms with van der Waals surface area (Å²) in [6.45, 7) is 1.84. The Bertz CT molecular complexity index is 700. The van der Waals surface area contributed by atoms with Crippen LogP contribution in [0.15, 0.2) is 18.2 Å². The van der Waals surface area contributed by atoms with Crippen LogP contribution in [0.25, 0.3) is 10.1 Å². The van der Waals surface area contributed by atoms with E-state index in [0.717, 1.165) is 0 Å². The predicted molar refractivity (Wildman–Crippen MR) is 86.7 cm³/mol. The molecule has 0 aliphatic heterocycles. The Morgan fingerprint density at radius 3 is 2.86 bits per heavy atom. The molecule has 2 rings (SSSR count). The molecule has 2 atom stereocenters. The van der Waals surface area contributed by atoms with Crippen LogP contribution in [0.5, 0.6) is 0 Å². The van der Waals surface area contributed by atoms with Gasteiger partial charge in [0.15, 0.2) is 0 Å². The number of nitrogens with one attached hydrogen (secondary N) is 1. The van der Waals surface area contributed by atoms with Crippen LogP contribution in [0.4, 0.5) is 10.1 Å². The van der Waals surface area contributed by atoms with Crippen LogP contribution < -0.4 is 11.1 Å². The number of nitrogen functional groups attached to an aromatic ring is 1. The summed E-state index contributed by atoms with van der Waals surface area (Å²) >= 11 is 1.18. The van der Waals surface area contributed by atoms with E-state index in [2.05, 4.69) is 5.32 Å². The van der Waals surface area contributed by atoms with Crippen LogP contribution in [-0.2, 0) is 10.8 Å². The molecule has 1 heterocycles. The maximum Gasteiger partial charge on any atom is 0.263 e. The van der Waals surface area contributed by atoms with Gasteiger partial charge in [-0.2, -0.15) is 0 Å². The number of amides is 1. The van der Waals surface area contributed by atoms with Crippen molar-refractivity contribution in [1.29, 1.82) is 0 Å². The van der Waals surface area contributed by atoms with Crippen LogP contribution in [0.1, 0.15) is 23.0 Å². The Kier molecular flexibility index (Phi) is 4.95. The number of hydrogen-bond acceptors (Lipinski definition) is 4. The fraction of sp³-hybridized carbons (Fsp3) is 0.357. The molecule has 0 spiro atoms. The van der Waals surface area contributed by atoms with Gasteiger partial charge in [0.25, 0.3) is 5.91 Å². The molecule has 0 saturated carbocycles. The van der Waals surface area contributed by atoms with Gasteiger partial charge in [-0.05, 0) is 25.5 Å². The summed E-state index contributed by atoms with van der Waals surface area (Å²) in [4.78, 5) is 12.5. The van der Waals surface area contributed by atoms with Crippen molar-refractivity contribution in [1.82, 2.24) is 5.32 Å². The van der Waals surface area contributed by atoms with Gasteiger partial charge in [-0.1, -0.05) is 6.07 Å². The Labute approximate surface area is 129 Å². The van der Waals surface area contributed by atoms with E-state index in [1.54, 1.807) is 18.4 Å². The number of anilines is 1. The third kappa shape index (κ3) is 3.59. The molecule has 0 bridgehead atoms. The third-order valence-corrected chi connectivity index (χ3v) is 5.10. The quantitative estimate of drug-likeness (QED) is 0.886. The van der Waals surface area contributed by atoms with E-state index in [1.807, 2.05) is 6.92 Å². The van der Waals surface area contributed by atoms with Gasteiger partial charge in [0.2, 0.25) is 0 Å². The van der Waals surface area contributed by atoms with E-state index in [1.165, 1.54) is 17.4 Å². The van der Waals surface area contributed by atoms with Crippen molar-refractivity contribution in [2.75, 3.05) is 17.7 Å². The van der Waals surface area contributed by atoms with E-state index in [9.17, 15) is 13.4 Å². The molecular formula is C14H17FN2O2S2. The Morgan fingerprint density at radius 1 is 1.52 bits per heavy atom. The fourth-order valence-corrected chi connectivity index (χ4v) is 3.73. The lowest BCUT2D eigenvalue weighted by molar-refractivity contribution is 0.0944. The highest BCUT2D eigenvalue weighted by Gasteiger charge is 2.19. The molecular weight excluding hydrogens is 311 g/mol. The summed E-state index contributed by atoms with van der Waals surface area (Å²) in [5.41, 5.74) is 6.08. The molecule has 1 amide bonds. The molecule has 0 aliphatic carbocycles. The Balaban J connectivity index is 2.18. The second-order valence-electron chi connectivity index (χ2n) is 4.90. The molecule has 3 N–H and O–H groups in total. The standard InChI is InChI=1S/C14H17FN2O2S2/c1-8(6-7-21(2)19)17-14(18)13-12(16)11-9(15)4-3-5-10(11)20-13/h3-5,8H,6-7,16H2,1-2H3,(H,17,18). The van der Waals surface area contributed by atoms with Gasteiger partial charge >= 0.3 is 0 Å². The minimum atomic E-state index is -0.888. The van der Waals surface area contributed by atoms with Crippen molar-refractivity contribution in [2.24, 2.45) is 0 Å². The summed E-state index contributed by atoms with van der Waals surface area (Å²) in [7, 11) is -0.888. The normalized spacial score (nSPS) is 14.0. The minimum absolute atomic E-state index is 0.115. The summed E-state index contributed by atoms with van der Waals surface area (Å²) in [5, 5.41) is 3.11. The zero-order valence-electron chi connectivity index (χ0n) is 11.8. The number of benzene rings is 1. The molecule has 0 radical (unpaired) electrons. The van der Waals surface area contributed by atoms with Gasteiger partial charge in [0.1, 0.15) is 10.7 Å². The number of fused-ring (bicyclic) bond motifs is 1. The third-order valence-electron chi connectivity index (χ3n) is 3.12. The number of rotatable bonds is 5. The highest BCUT2D eigenvalue weighted by atomic mass is 32.2. The van der Waals surface area contributed by atoms with Gasteiger partial charge < -0.3 is 11.1 Å². The molecule has 0 aliphatic rings. The molecule has 4 nitrogen and oxygen atoms in total. The maximum atomic E-state index is 13.8. The second-order valence-corrected chi connectivity index (χ2v) is 7.51. The van der Waals surface area contributed by atoms with Crippen LogP contribution >= 0.6 is 11.3 Å². The topological polar surface area (TPSA) is 72.2 Å². The summed E-state index contributed by atoms with van der Waals surface area (Å²) in [5.74, 6) is -0.213. The molecule has 1 aromatic heterocycles. The van der Waals surface area contributed by atoms with E-state index in [-0.39, 0.29) is 17.6 Å². The maximum absolute atomic E-state index is 13.8. The van der Waals surface area contributed by atoms with Crippen molar-refractivity contribution in [2.45, 2.75) is 19.4 Å². The number of halogens is 1. The first kappa shape index (κ1) is 15.9. The van der Waals surface area contributed by atoms with Gasteiger partial charge in [-0.15, -0.1) is 11.3 Å². The average Bonchev–Trinajstić information content (AvgIpc) is 2.75. The van der Waals surface area contributed by atoms with E-state index in [0.29, 0.717) is 27.1 Å². The van der Waals surface area contributed by atoms with Crippen molar-refractivity contribution in [3.05, 3.63) is 28.9 Å². The minimum Gasteiger partial charge on any atom is -0.397 e. The molecule has 2 aromatic rings. The SMILES string of the molecule is CC(CCS(C)=O)NC(=O)c1sc2cccc(F)c2c1N. The number of nitrogens with two attached hydrogens (primary N) is 1. The molecule has 0 saturated heterocycles. The zero-order valence-corrected chi connectivity index (χ0v) is 13.4. The molecule has 1 aromatic carbocycles. The van der Waals surface area contributed by atoms with E-state index >= 15 is 0 Å². The number of carbonyl (C=O) groups is 1. The molecule has 114 valence electrons. The van der Waals surface area contributed by atoms with Crippen molar-refractivity contribution >= 4 is 43.8 Å². The Hall–Kier alpha value is -1.47. The first-order chi connectivity index (χ1) is 9.90. The van der Waals surface area contributed by atoms with Crippen LogP contribution in [-0.4, -0.2) is 28.2 Å². The lowest BCUT2D eigenvalue weighted by atomic mass is 10.2. The second kappa shape index (κ2) is 6.53. The lowest BCUT2D eigenvalue weighted by Crippen LogP contribution is -2.33. The van der Waals surface area contributed by atoms with Gasteiger partial charge in [-0.25, -0.2) is 4.39 Å². The zero-order chi connectivity index (χ0) is 15.6. The lowest BCUT2D eigenvalue weighted by Gasteiger charge is -2.12. The van der Waals surface area contributed by atoms with E-state index in [4.69, 9.17) is 5.73 Å². The van der Waals surface area contributed by atoms with Gasteiger partial charge in [-0.3, -0.25) is 9.00 Å². The van der Waals surface area contributed by atoms with Crippen molar-refractivity contribution in [3.8, 4) is 0 Å². The van der Waals surface area contributed by atoms with Crippen LogP contribution in [0, 0.1) is 5.82 Å². The van der Waals surface area contributed by atoms with Crippen molar-refractivity contribution < 1.29 is 13.4 Å². The van der Waals surface area contributed by atoms with Crippen LogP contribution in [0.2, 0.25) is 0 Å². The highest BCUT2D eigenvalue weighted by Crippen LogP contribution is 2.35. The highest BCUT2D eigenvalue weighted by molar-refractivity contribution is 7.84. The van der Waals surface area contributed by atoms with Crippen molar-refractivity contribution in [3.63, 3.8) is 0 Å². The Morgan fingerprint density at radius 2 is 2.24 bits per heavy atom. The van der Waals surface area contributed by atoms with Gasteiger partial charge in [0, 0.05) is 33.5 Å². The van der Waals surface area contributed by atoms with Crippen LogP contribution in [0.3, 0.4) is 0 Å². The first-order valence-corrected chi connectivity index (χ1v) is 9.02. The number of carbonyl (C=O) groups excluding carboxylic acids is 1. The monoisotopic (exact) mass is 328 g/mol. The van der Waals surface area contributed by atoms with E-state index < -0.39 is 16.6 Å². The molecule has 2 unspecified atom stereocenters. The average molecular weight is 328 g/mol. The predicted octanol–water partition coefficient (Wildman–Crippen LogP) is 2.51. The molecule has 21 heavy (non-hydrogen) atoms. The number of thiophene rings is 1. The number of hydrogen-bond donors (Lipinski definition) is 2. The molecule has 7 heteroatoms. The van der Waals surface area contributed by atoms with Gasteiger partial charge in [0.05, 0.1) is 11.1 Å².